The van der Waals surface area contributed by atoms with Gasteiger partial charge < -0.3 is 9.72 Å². The molecule has 0 bridgehead atoms. The number of hydrogen-bond donors (Lipinski definition) is 1. The standard InChI is InChI=1S/C11H13NO2/c1-4-6-8-7-10(11(13)14-3)12-9(8)5-2/h4-7,12H,1H2,2-3H3/b8-6-,9-5+. The van der Waals surface area contributed by atoms with Crippen LogP contribution in [-0.2, 0) is 4.74 Å². The van der Waals surface area contributed by atoms with Crippen molar-refractivity contribution in [2.24, 2.45) is 0 Å². The molecule has 0 aliphatic rings. The predicted molar refractivity (Wildman–Crippen MR) is 56.2 cm³/mol. The zero-order chi connectivity index (χ0) is 10.6. The molecule has 0 aliphatic carbocycles. The third-order valence-corrected chi connectivity index (χ3v) is 1.87. The lowest BCUT2D eigenvalue weighted by Crippen LogP contribution is -2.21. The molecule has 0 aromatic carbocycles. The normalized spacial score (nSPS) is 13.0. The predicted octanol–water partition coefficient (Wildman–Crippen LogP) is 0.568. The molecule has 3 nitrogen and oxygen atoms in total. The maximum absolute atomic E-state index is 11.2. The van der Waals surface area contributed by atoms with Gasteiger partial charge in [0.2, 0.25) is 0 Å². The van der Waals surface area contributed by atoms with E-state index >= 15 is 0 Å². The SMILES string of the molecule is C=C/C=c1/cc(C(=O)OC)[nH]/c1=C/C. The van der Waals surface area contributed by atoms with E-state index in [1.807, 2.05) is 19.1 Å². The van der Waals surface area contributed by atoms with E-state index in [4.69, 9.17) is 0 Å². The molecule has 3 heteroatoms. The first kappa shape index (κ1) is 10.3. The van der Waals surface area contributed by atoms with Gasteiger partial charge in [-0.15, -0.1) is 0 Å². The van der Waals surface area contributed by atoms with E-state index in [0.717, 1.165) is 10.6 Å². The number of esters is 1. The van der Waals surface area contributed by atoms with Crippen LogP contribution in [-0.4, -0.2) is 18.1 Å². The van der Waals surface area contributed by atoms with Gasteiger partial charge in [-0.25, -0.2) is 4.79 Å². The molecule has 0 unspecified atom stereocenters. The van der Waals surface area contributed by atoms with Gasteiger partial charge in [-0.1, -0.05) is 24.8 Å². The van der Waals surface area contributed by atoms with Gasteiger partial charge >= 0.3 is 5.97 Å². The Labute approximate surface area is 82.4 Å². The van der Waals surface area contributed by atoms with Crippen LogP contribution in [0.4, 0.5) is 0 Å². The Bertz CT molecular complexity index is 454. The summed E-state index contributed by atoms with van der Waals surface area (Å²) in [5.41, 5.74) is 0.453. The highest BCUT2D eigenvalue weighted by Crippen LogP contribution is 1.89. The van der Waals surface area contributed by atoms with Crippen molar-refractivity contribution in [1.82, 2.24) is 4.98 Å². The minimum Gasteiger partial charge on any atom is -0.464 e. The molecular weight excluding hydrogens is 178 g/mol. The number of allylic oxidation sites excluding steroid dienone is 1. The Kier molecular flexibility index (Phi) is 3.29. The van der Waals surface area contributed by atoms with Crippen molar-refractivity contribution in [2.75, 3.05) is 7.11 Å². The van der Waals surface area contributed by atoms with Gasteiger partial charge in [0.05, 0.1) is 7.11 Å². The molecule has 1 rings (SSSR count). The molecule has 0 radical (unpaired) electrons. The average molecular weight is 191 g/mol. The van der Waals surface area contributed by atoms with E-state index in [1.165, 1.54) is 7.11 Å². The second-order valence-electron chi connectivity index (χ2n) is 2.73. The monoisotopic (exact) mass is 191 g/mol. The smallest absolute Gasteiger partial charge is 0.354 e. The molecule has 14 heavy (non-hydrogen) atoms. The Morgan fingerprint density at radius 3 is 2.86 bits per heavy atom. The van der Waals surface area contributed by atoms with Crippen LogP contribution in [0.2, 0.25) is 0 Å². The third kappa shape index (κ3) is 1.93. The van der Waals surface area contributed by atoms with Crippen LogP contribution in [0.5, 0.6) is 0 Å². The van der Waals surface area contributed by atoms with Gasteiger partial charge in [0, 0.05) is 5.35 Å². The zero-order valence-corrected chi connectivity index (χ0v) is 8.33. The third-order valence-electron chi connectivity index (χ3n) is 1.87. The summed E-state index contributed by atoms with van der Waals surface area (Å²) < 4.78 is 4.60. The molecule has 74 valence electrons. The number of ether oxygens (including phenoxy) is 1. The number of hydrogen-bond acceptors (Lipinski definition) is 2. The number of nitrogens with one attached hydrogen (secondary N) is 1. The van der Waals surface area contributed by atoms with Crippen molar-refractivity contribution < 1.29 is 9.53 Å². The Morgan fingerprint density at radius 2 is 2.36 bits per heavy atom. The van der Waals surface area contributed by atoms with Crippen molar-refractivity contribution in [3.8, 4) is 0 Å². The first-order valence-corrected chi connectivity index (χ1v) is 4.29. The van der Waals surface area contributed by atoms with E-state index < -0.39 is 0 Å². The summed E-state index contributed by atoms with van der Waals surface area (Å²) in [7, 11) is 1.36. The van der Waals surface area contributed by atoms with Gasteiger partial charge in [-0.3, -0.25) is 0 Å². The fourth-order valence-electron chi connectivity index (χ4n) is 1.21. The maximum atomic E-state index is 11.2. The number of carbonyl (C=O) groups is 1. The molecule has 0 aliphatic heterocycles. The first-order valence-electron chi connectivity index (χ1n) is 4.29. The Hall–Kier alpha value is -1.77. The molecule has 1 N–H and O–H groups in total. The number of aromatic amines is 1. The highest BCUT2D eigenvalue weighted by molar-refractivity contribution is 5.87. The zero-order valence-electron chi connectivity index (χ0n) is 8.33. The van der Waals surface area contributed by atoms with Crippen molar-refractivity contribution in [2.45, 2.75) is 6.92 Å². The fraction of sp³-hybridized carbons (Fsp3) is 0.182. The lowest BCUT2D eigenvalue weighted by molar-refractivity contribution is 0.0594. The maximum Gasteiger partial charge on any atom is 0.354 e. The molecule has 0 amide bonds. The number of H-pyrrole nitrogens is 1. The molecule has 1 heterocycles. The summed E-state index contributed by atoms with van der Waals surface area (Å²) >= 11 is 0. The lowest BCUT2D eigenvalue weighted by Gasteiger charge is -1.91. The van der Waals surface area contributed by atoms with Gasteiger partial charge in [0.15, 0.2) is 0 Å². The van der Waals surface area contributed by atoms with E-state index in [2.05, 4.69) is 16.3 Å². The van der Waals surface area contributed by atoms with Gasteiger partial charge in [0.1, 0.15) is 5.69 Å². The number of methoxy groups -OCH3 is 1. The summed E-state index contributed by atoms with van der Waals surface area (Å²) in [5, 5.41) is 1.83. The second-order valence-corrected chi connectivity index (χ2v) is 2.73. The highest BCUT2D eigenvalue weighted by Gasteiger charge is 2.06. The van der Waals surface area contributed by atoms with Gasteiger partial charge in [0.25, 0.3) is 0 Å². The minimum atomic E-state index is -0.364. The Balaban J connectivity index is 3.35. The van der Waals surface area contributed by atoms with Crippen molar-refractivity contribution in [1.29, 1.82) is 0 Å². The fourth-order valence-corrected chi connectivity index (χ4v) is 1.21. The largest absolute Gasteiger partial charge is 0.464 e. The van der Waals surface area contributed by atoms with Crippen LogP contribution in [0.15, 0.2) is 18.7 Å². The highest BCUT2D eigenvalue weighted by atomic mass is 16.5. The van der Waals surface area contributed by atoms with Crippen LogP contribution < -0.4 is 10.6 Å². The van der Waals surface area contributed by atoms with Gasteiger partial charge in [-0.05, 0) is 18.2 Å². The Morgan fingerprint density at radius 1 is 1.64 bits per heavy atom. The quantitative estimate of drug-likeness (QED) is 0.694. The summed E-state index contributed by atoms with van der Waals surface area (Å²) in [6, 6.07) is 1.74. The molecule has 0 spiro atoms. The van der Waals surface area contributed by atoms with Gasteiger partial charge in [-0.2, -0.15) is 0 Å². The number of carbonyl (C=O) groups excluding carboxylic acids is 1. The van der Waals surface area contributed by atoms with Crippen molar-refractivity contribution in [3.05, 3.63) is 35.0 Å². The summed E-state index contributed by atoms with van der Waals surface area (Å²) in [4.78, 5) is 14.1. The topological polar surface area (TPSA) is 42.1 Å². The molecule has 0 saturated heterocycles. The van der Waals surface area contributed by atoms with Crippen LogP contribution in [0.3, 0.4) is 0 Å². The lowest BCUT2D eigenvalue weighted by atomic mass is 10.3. The molecule has 1 aromatic rings. The minimum absolute atomic E-state index is 0.364. The van der Waals surface area contributed by atoms with Crippen LogP contribution in [0.25, 0.3) is 12.2 Å². The molecule has 0 atom stereocenters. The van der Waals surface area contributed by atoms with Crippen molar-refractivity contribution >= 4 is 18.1 Å². The molecular formula is C11H13NO2. The summed E-state index contributed by atoms with van der Waals surface area (Å²) in [6.45, 7) is 5.50. The van der Waals surface area contributed by atoms with E-state index in [1.54, 1.807) is 12.1 Å². The van der Waals surface area contributed by atoms with E-state index in [0.29, 0.717) is 5.69 Å². The second kappa shape index (κ2) is 4.46. The molecule has 1 aromatic heterocycles. The number of rotatable bonds is 2. The van der Waals surface area contributed by atoms with Crippen LogP contribution >= 0.6 is 0 Å². The summed E-state index contributed by atoms with van der Waals surface area (Å²) in [6.07, 6.45) is 5.40. The number of aromatic nitrogens is 1. The molecule has 0 fully saturated rings. The van der Waals surface area contributed by atoms with Crippen molar-refractivity contribution in [3.63, 3.8) is 0 Å². The van der Waals surface area contributed by atoms with Crippen LogP contribution in [0, 0.1) is 0 Å². The van der Waals surface area contributed by atoms with E-state index in [9.17, 15) is 4.79 Å². The van der Waals surface area contributed by atoms with Crippen LogP contribution in [0.1, 0.15) is 17.4 Å². The average Bonchev–Trinajstić information content (AvgIpc) is 2.60. The van der Waals surface area contributed by atoms with E-state index in [-0.39, 0.29) is 5.97 Å². The summed E-state index contributed by atoms with van der Waals surface area (Å²) in [5.74, 6) is -0.364. The molecule has 0 saturated carbocycles. The first-order chi connectivity index (χ1) is 6.72.